The molecule has 0 saturated carbocycles. The topological polar surface area (TPSA) is 55.6 Å². The average Bonchev–Trinajstić information content (AvgIpc) is 2.52. The minimum Gasteiger partial charge on any atom is -0.319 e. The van der Waals surface area contributed by atoms with Crippen molar-refractivity contribution in [3.8, 4) is 11.4 Å². The Hall–Kier alpha value is -1.69. The van der Waals surface area contributed by atoms with Crippen molar-refractivity contribution in [1.29, 1.82) is 0 Å². The molecule has 0 amide bonds. The second kappa shape index (κ2) is 3.47. The van der Waals surface area contributed by atoms with Crippen molar-refractivity contribution in [2.45, 2.75) is 0 Å². The lowest BCUT2D eigenvalue weighted by Gasteiger charge is -1.98. The zero-order chi connectivity index (χ0) is 11.0. The fourth-order valence-corrected chi connectivity index (χ4v) is 1.36. The van der Waals surface area contributed by atoms with Crippen LogP contribution in [0, 0.1) is 4.77 Å². The van der Waals surface area contributed by atoms with Crippen molar-refractivity contribution >= 4 is 12.2 Å². The summed E-state index contributed by atoms with van der Waals surface area (Å²) in [4.78, 5) is 15.5. The van der Waals surface area contributed by atoms with Gasteiger partial charge in [0.05, 0.1) is 0 Å². The van der Waals surface area contributed by atoms with Crippen LogP contribution in [0.5, 0.6) is 0 Å². The molecule has 15 heavy (non-hydrogen) atoms. The molecular weight excluding hydrogens is 212 g/mol. The fourth-order valence-electron chi connectivity index (χ4n) is 1.23. The van der Waals surface area contributed by atoms with Gasteiger partial charge in [0.15, 0.2) is 5.82 Å². The van der Waals surface area contributed by atoms with E-state index in [4.69, 9.17) is 12.2 Å². The van der Waals surface area contributed by atoms with Gasteiger partial charge < -0.3 is 4.57 Å². The summed E-state index contributed by atoms with van der Waals surface area (Å²) in [5.41, 5.74) is 0.669. The number of aromatic nitrogens is 4. The van der Waals surface area contributed by atoms with Crippen molar-refractivity contribution in [2.75, 3.05) is 0 Å². The van der Waals surface area contributed by atoms with E-state index in [1.807, 2.05) is 6.07 Å². The van der Waals surface area contributed by atoms with Crippen LogP contribution in [0.2, 0.25) is 0 Å². The van der Waals surface area contributed by atoms with Gasteiger partial charge in [0.2, 0.25) is 4.77 Å². The smallest absolute Gasteiger partial charge is 0.250 e. The van der Waals surface area contributed by atoms with E-state index < -0.39 is 0 Å². The number of pyridine rings is 1. The monoisotopic (exact) mass is 222 g/mol. The van der Waals surface area contributed by atoms with E-state index >= 15 is 0 Å². The summed E-state index contributed by atoms with van der Waals surface area (Å²) in [6, 6.07) is 3.34. The van der Waals surface area contributed by atoms with Crippen molar-refractivity contribution < 1.29 is 0 Å². The minimum absolute atomic E-state index is 0.0718. The molecular formula is C9H10N4OS. The van der Waals surface area contributed by atoms with Crippen molar-refractivity contribution in [2.24, 2.45) is 14.1 Å². The van der Waals surface area contributed by atoms with E-state index in [1.165, 1.54) is 10.6 Å². The van der Waals surface area contributed by atoms with Gasteiger partial charge >= 0.3 is 0 Å². The average molecular weight is 222 g/mol. The van der Waals surface area contributed by atoms with Crippen LogP contribution >= 0.6 is 12.2 Å². The summed E-state index contributed by atoms with van der Waals surface area (Å²) in [6.45, 7) is 0. The number of aryl methyl sites for hydroxylation is 2. The quantitative estimate of drug-likeness (QED) is 0.727. The van der Waals surface area contributed by atoms with Gasteiger partial charge in [-0.05, 0) is 18.3 Å². The van der Waals surface area contributed by atoms with Crippen LogP contribution in [0.15, 0.2) is 23.1 Å². The summed E-state index contributed by atoms with van der Waals surface area (Å²) < 4.78 is 3.59. The lowest BCUT2D eigenvalue weighted by atomic mass is 10.2. The molecule has 0 aliphatic rings. The number of hydrogen-bond acceptors (Lipinski definition) is 3. The molecule has 0 aliphatic carbocycles. The van der Waals surface area contributed by atoms with Crippen molar-refractivity contribution in [3.63, 3.8) is 0 Å². The summed E-state index contributed by atoms with van der Waals surface area (Å²) in [5.74, 6) is 0.611. The van der Waals surface area contributed by atoms with Crippen LogP contribution in [-0.4, -0.2) is 19.3 Å². The first-order chi connectivity index (χ1) is 7.08. The SMILES string of the molecule is Cn1ccc(-c2nc(=S)n(C)[nH]2)cc1=O. The first-order valence-corrected chi connectivity index (χ1v) is 4.79. The van der Waals surface area contributed by atoms with Gasteiger partial charge in [-0.3, -0.25) is 14.6 Å². The molecule has 5 nitrogen and oxygen atoms in total. The highest BCUT2D eigenvalue weighted by Gasteiger charge is 2.03. The maximum atomic E-state index is 11.4. The van der Waals surface area contributed by atoms with E-state index in [0.29, 0.717) is 10.6 Å². The van der Waals surface area contributed by atoms with E-state index in [0.717, 1.165) is 5.56 Å². The van der Waals surface area contributed by atoms with Crippen LogP contribution in [0.1, 0.15) is 0 Å². The molecule has 0 radical (unpaired) electrons. The van der Waals surface area contributed by atoms with Crippen LogP contribution in [0.25, 0.3) is 11.4 Å². The van der Waals surface area contributed by atoms with E-state index in [9.17, 15) is 4.79 Å². The molecule has 2 aromatic heterocycles. The Kier molecular flexibility index (Phi) is 2.28. The van der Waals surface area contributed by atoms with Gasteiger partial charge in [0, 0.05) is 31.9 Å². The molecule has 0 aliphatic heterocycles. The first kappa shape index (κ1) is 9.85. The number of aromatic amines is 1. The maximum absolute atomic E-state index is 11.4. The van der Waals surface area contributed by atoms with Crippen LogP contribution in [0.4, 0.5) is 0 Å². The zero-order valence-electron chi connectivity index (χ0n) is 8.39. The van der Waals surface area contributed by atoms with Crippen LogP contribution < -0.4 is 5.56 Å². The fraction of sp³-hybridized carbons (Fsp3) is 0.222. The molecule has 0 saturated heterocycles. The lowest BCUT2D eigenvalue weighted by molar-refractivity contribution is 0.756. The van der Waals surface area contributed by atoms with E-state index in [-0.39, 0.29) is 5.56 Å². The third kappa shape index (κ3) is 1.75. The third-order valence-corrected chi connectivity index (χ3v) is 2.51. The predicted molar refractivity (Wildman–Crippen MR) is 59.1 cm³/mol. The Morgan fingerprint density at radius 3 is 2.73 bits per heavy atom. The first-order valence-electron chi connectivity index (χ1n) is 4.38. The molecule has 0 spiro atoms. The molecule has 78 valence electrons. The molecule has 2 aromatic rings. The Bertz CT molecular complexity index is 607. The Morgan fingerprint density at radius 1 is 1.47 bits per heavy atom. The molecule has 0 fully saturated rings. The second-order valence-electron chi connectivity index (χ2n) is 3.28. The van der Waals surface area contributed by atoms with Gasteiger partial charge in [-0.2, -0.15) is 4.98 Å². The van der Waals surface area contributed by atoms with Crippen LogP contribution in [-0.2, 0) is 14.1 Å². The Morgan fingerprint density at radius 2 is 2.20 bits per heavy atom. The zero-order valence-corrected chi connectivity index (χ0v) is 9.21. The van der Waals surface area contributed by atoms with E-state index in [1.54, 1.807) is 25.0 Å². The highest BCUT2D eigenvalue weighted by molar-refractivity contribution is 7.71. The number of nitrogens with zero attached hydrogens (tertiary/aromatic N) is 3. The standard InChI is InChI=1S/C9H10N4OS/c1-12-4-3-6(5-7(12)14)8-10-9(15)13(2)11-8/h3-5H,1-2H3,(H,10,11,15). The number of rotatable bonds is 1. The van der Waals surface area contributed by atoms with Crippen molar-refractivity contribution in [3.05, 3.63) is 33.5 Å². The molecule has 2 heterocycles. The number of nitrogens with one attached hydrogen (secondary N) is 1. The number of H-pyrrole nitrogens is 1. The normalized spacial score (nSPS) is 10.5. The van der Waals surface area contributed by atoms with Crippen LogP contribution in [0.3, 0.4) is 0 Å². The van der Waals surface area contributed by atoms with Crippen molar-refractivity contribution in [1.82, 2.24) is 19.3 Å². The maximum Gasteiger partial charge on any atom is 0.250 e. The van der Waals surface area contributed by atoms with Gasteiger partial charge in [-0.1, -0.05) is 0 Å². The lowest BCUT2D eigenvalue weighted by Crippen LogP contribution is -2.14. The minimum atomic E-state index is -0.0718. The predicted octanol–water partition coefficient (Wildman–Crippen LogP) is 0.843. The molecule has 0 atom stereocenters. The second-order valence-corrected chi connectivity index (χ2v) is 3.64. The molecule has 0 bridgehead atoms. The highest BCUT2D eigenvalue weighted by Crippen LogP contribution is 2.10. The molecule has 2 rings (SSSR count). The summed E-state index contributed by atoms with van der Waals surface area (Å²) in [7, 11) is 3.48. The highest BCUT2D eigenvalue weighted by atomic mass is 32.1. The third-order valence-electron chi connectivity index (χ3n) is 2.15. The molecule has 6 heteroatoms. The molecule has 1 N–H and O–H groups in total. The molecule has 0 unspecified atom stereocenters. The summed E-state index contributed by atoms with van der Waals surface area (Å²) in [6.07, 6.45) is 1.70. The van der Waals surface area contributed by atoms with Gasteiger partial charge in [0.1, 0.15) is 0 Å². The molecule has 0 aromatic carbocycles. The van der Waals surface area contributed by atoms with E-state index in [2.05, 4.69) is 10.1 Å². The van der Waals surface area contributed by atoms with Gasteiger partial charge in [-0.25, -0.2) is 0 Å². The van der Waals surface area contributed by atoms with Gasteiger partial charge in [-0.15, -0.1) is 0 Å². The Labute approximate surface area is 91.0 Å². The summed E-state index contributed by atoms with van der Waals surface area (Å²) in [5, 5.41) is 2.96. The van der Waals surface area contributed by atoms with Gasteiger partial charge in [0.25, 0.3) is 5.56 Å². The Balaban J connectivity index is 2.59. The number of hydrogen-bond donors (Lipinski definition) is 1. The summed E-state index contributed by atoms with van der Waals surface area (Å²) >= 11 is 4.97. The largest absolute Gasteiger partial charge is 0.319 e.